The Hall–Kier alpha value is -0.860. The molecular weight excluding hydrogens is 212 g/mol. The smallest absolute Gasteiger partial charge is 0.0782 e. The Morgan fingerprint density at radius 3 is 2.24 bits per heavy atom. The molecule has 2 N–H and O–H groups in total. The van der Waals surface area contributed by atoms with Gasteiger partial charge in [0, 0.05) is 0 Å². The third-order valence-electron chi connectivity index (χ3n) is 2.72. The van der Waals surface area contributed by atoms with Crippen molar-refractivity contribution < 1.29 is 10.2 Å². The maximum Gasteiger partial charge on any atom is 0.0782 e. The zero-order valence-electron chi connectivity index (χ0n) is 11.5. The first-order valence-corrected chi connectivity index (χ1v) is 6.22. The Morgan fingerprint density at radius 2 is 1.71 bits per heavy atom. The summed E-state index contributed by atoms with van der Waals surface area (Å²) in [4.78, 5) is 0. The summed E-state index contributed by atoms with van der Waals surface area (Å²) in [6, 6.07) is 0. The van der Waals surface area contributed by atoms with Crippen LogP contribution in [0.3, 0.4) is 0 Å². The van der Waals surface area contributed by atoms with E-state index in [2.05, 4.69) is 32.9 Å². The van der Waals surface area contributed by atoms with Gasteiger partial charge in [-0.05, 0) is 52.5 Å². The summed E-state index contributed by atoms with van der Waals surface area (Å²) in [5.74, 6) is 0. The predicted molar refractivity (Wildman–Crippen MR) is 73.9 cm³/mol. The molecule has 0 fully saturated rings. The van der Waals surface area contributed by atoms with Crippen molar-refractivity contribution >= 4 is 0 Å². The molecule has 1 atom stereocenters. The minimum Gasteiger partial charge on any atom is -0.392 e. The van der Waals surface area contributed by atoms with Crippen LogP contribution >= 0.6 is 0 Å². The highest BCUT2D eigenvalue weighted by atomic mass is 16.3. The number of hydrogen-bond donors (Lipinski definition) is 2. The highest BCUT2D eigenvalue weighted by Crippen LogP contribution is 2.11. The fraction of sp³-hybridized carbons (Fsp3) is 0.600. The quantitative estimate of drug-likeness (QED) is 0.668. The molecule has 0 amide bonds. The van der Waals surface area contributed by atoms with Crippen LogP contribution in [0.2, 0.25) is 0 Å². The second-order valence-corrected chi connectivity index (χ2v) is 4.75. The van der Waals surface area contributed by atoms with E-state index in [1.807, 2.05) is 6.92 Å². The molecule has 0 bridgehead atoms. The van der Waals surface area contributed by atoms with Gasteiger partial charge in [-0.25, -0.2) is 0 Å². The summed E-state index contributed by atoms with van der Waals surface area (Å²) >= 11 is 0. The number of rotatable bonds is 7. The molecule has 0 saturated carbocycles. The lowest BCUT2D eigenvalue weighted by molar-refractivity contribution is 0.212. The summed E-state index contributed by atoms with van der Waals surface area (Å²) in [6.45, 7) is 8.13. The molecule has 98 valence electrons. The van der Waals surface area contributed by atoms with E-state index in [1.54, 1.807) is 6.08 Å². The average molecular weight is 238 g/mol. The molecule has 0 aromatic rings. The molecule has 0 unspecified atom stereocenters. The maximum atomic E-state index is 9.78. The molecular formula is C15H26O2. The second-order valence-electron chi connectivity index (χ2n) is 4.75. The monoisotopic (exact) mass is 238 g/mol. The normalized spacial score (nSPS) is 14.7. The van der Waals surface area contributed by atoms with Crippen LogP contribution in [-0.4, -0.2) is 22.9 Å². The molecule has 2 heteroatoms. The SMILES string of the molecule is CC(C)=CCC/C(C)=C/C[C@H](O)/C(C)=C/CO. The Morgan fingerprint density at radius 1 is 1.06 bits per heavy atom. The van der Waals surface area contributed by atoms with Gasteiger partial charge in [-0.15, -0.1) is 0 Å². The van der Waals surface area contributed by atoms with E-state index in [4.69, 9.17) is 5.11 Å². The zero-order valence-corrected chi connectivity index (χ0v) is 11.5. The lowest BCUT2D eigenvalue weighted by atomic mass is 10.0. The molecule has 0 aromatic heterocycles. The predicted octanol–water partition coefficient (Wildman–Crippen LogP) is 3.37. The third kappa shape index (κ3) is 8.90. The van der Waals surface area contributed by atoms with E-state index in [-0.39, 0.29) is 6.61 Å². The van der Waals surface area contributed by atoms with E-state index >= 15 is 0 Å². The molecule has 0 aliphatic rings. The van der Waals surface area contributed by atoms with Gasteiger partial charge in [-0.2, -0.15) is 0 Å². The van der Waals surface area contributed by atoms with Gasteiger partial charge in [-0.1, -0.05) is 29.4 Å². The van der Waals surface area contributed by atoms with Crippen molar-refractivity contribution in [3.8, 4) is 0 Å². The standard InChI is InChI=1S/C15H26O2/c1-12(2)6-5-7-13(3)8-9-15(17)14(4)10-11-16/h6,8,10,15-17H,5,7,9,11H2,1-4H3/b13-8+,14-10+/t15-/m0/s1. The molecule has 0 spiro atoms. The van der Waals surface area contributed by atoms with Crippen LogP contribution in [0.4, 0.5) is 0 Å². The lowest BCUT2D eigenvalue weighted by Gasteiger charge is -2.09. The van der Waals surface area contributed by atoms with Crippen molar-refractivity contribution in [1.82, 2.24) is 0 Å². The molecule has 2 nitrogen and oxygen atoms in total. The van der Waals surface area contributed by atoms with E-state index in [1.165, 1.54) is 11.1 Å². The van der Waals surface area contributed by atoms with Gasteiger partial charge < -0.3 is 10.2 Å². The first-order chi connectivity index (χ1) is 7.97. The Labute approximate surface area is 105 Å². The zero-order chi connectivity index (χ0) is 13.3. The minimum absolute atomic E-state index is 0.00778. The van der Waals surface area contributed by atoms with Gasteiger partial charge >= 0.3 is 0 Å². The largest absolute Gasteiger partial charge is 0.392 e. The molecule has 0 saturated heterocycles. The van der Waals surface area contributed by atoms with E-state index in [0.717, 1.165) is 18.4 Å². The van der Waals surface area contributed by atoms with Crippen molar-refractivity contribution in [1.29, 1.82) is 0 Å². The first kappa shape index (κ1) is 16.1. The molecule has 0 heterocycles. The topological polar surface area (TPSA) is 40.5 Å². The fourth-order valence-corrected chi connectivity index (χ4v) is 1.47. The summed E-state index contributed by atoms with van der Waals surface area (Å²) < 4.78 is 0. The van der Waals surface area contributed by atoms with Crippen LogP contribution in [0.15, 0.2) is 34.9 Å². The van der Waals surface area contributed by atoms with Gasteiger partial charge in [0.15, 0.2) is 0 Å². The first-order valence-electron chi connectivity index (χ1n) is 6.22. The molecule has 0 aromatic carbocycles. The van der Waals surface area contributed by atoms with Crippen molar-refractivity contribution in [2.24, 2.45) is 0 Å². The van der Waals surface area contributed by atoms with Gasteiger partial charge in [-0.3, -0.25) is 0 Å². The summed E-state index contributed by atoms with van der Waals surface area (Å²) in [5.41, 5.74) is 3.48. The Balaban J connectivity index is 4.06. The van der Waals surface area contributed by atoms with Crippen molar-refractivity contribution in [3.63, 3.8) is 0 Å². The van der Waals surface area contributed by atoms with Crippen LogP contribution in [0, 0.1) is 0 Å². The van der Waals surface area contributed by atoms with Gasteiger partial charge in [0.05, 0.1) is 12.7 Å². The average Bonchev–Trinajstić information content (AvgIpc) is 2.25. The van der Waals surface area contributed by atoms with Crippen LogP contribution in [0.25, 0.3) is 0 Å². The summed E-state index contributed by atoms with van der Waals surface area (Å²) in [5, 5.41) is 18.5. The van der Waals surface area contributed by atoms with Gasteiger partial charge in [0.1, 0.15) is 0 Å². The molecule has 17 heavy (non-hydrogen) atoms. The lowest BCUT2D eigenvalue weighted by Crippen LogP contribution is -2.07. The van der Waals surface area contributed by atoms with Crippen molar-refractivity contribution in [3.05, 3.63) is 34.9 Å². The summed E-state index contributed by atoms with van der Waals surface area (Å²) in [6.07, 6.45) is 8.22. The van der Waals surface area contributed by atoms with Crippen LogP contribution in [-0.2, 0) is 0 Å². The minimum atomic E-state index is -0.472. The molecule has 0 aliphatic heterocycles. The number of aliphatic hydroxyl groups is 2. The van der Waals surface area contributed by atoms with Crippen LogP contribution in [0.1, 0.15) is 47.0 Å². The fourth-order valence-electron chi connectivity index (χ4n) is 1.47. The number of allylic oxidation sites excluding steroid dienone is 3. The molecule has 0 rings (SSSR count). The van der Waals surface area contributed by atoms with Crippen molar-refractivity contribution in [2.75, 3.05) is 6.61 Å². The summed E-state index contributed by atoms with van der Waals surface area (Å²) in [7, 11) is 0. The Kier molecular flexibility index (Phi) is 8.73. The Bertz CT molecular complexity index is 294. The van der Waals surface area contributed by atoms with Gasteiger partial charge in [0.25, 0.3) is 0 Å². The second kappa shape index (κ2) is 9.20. The van der Waals surface area contributed by atoms with E-state index in [9.17, 15) is 5.11 Å². The van der Waals surface area contributed by atoms with Gasteiger partial charge in [0.2, 0.25) is 0 Å². The van der Waals surface area contributed by atoms with E-state index < -0.39 is 6.10 Å². The molecule has 0 aliphatic carbocycles. The number of hydrogen-bond acceptors (Lipinski definition) is 2. The maximum absolute atomic E-state index is 9.78. The van der Waals surface area contributed by atoms with Crippen molar-refractivity contribution in [2.45, 2.75) is 53.1 Å². The highest BCUT2D eigenvalue weighted by molar-refractivity contribution is 5.09. The van der Waals surface area contributed by atoms with Crippen LogP contribution in [0.5, 0.6) is 0 Å². The van der Waals surface area contributed by atoms with E-state index in [0.29, 0.717) is 6.42 Å². The third-order valence-corrected chi connectivity index (χ3v) is 2.72. The highest BCUT2D eigenvalue weighted by Gasteiger charge is 2.03. The number of aliphatic hydroxyl groups excluding tert-OH is 2. The molecule has 0 radical (unpaired) electrons. The van der Waals surface area contributed by atoms with Crippen LogP contribution < -0.4 is 0 Å².